The molecule has 6 heavy (non-hydrogen) atoms. The van der Waals surface area contributed by atoms with Gasteiger partial charge in [-0.15, -0.1) is 0 Å². The predicted molar refractivity (Wildman–Crippen MR) is 24.3 cm³/mol. The van der Waals surface area contributed by atoms with Crippen molar-refractivity contribution in [2.75, 3.05) is 6.61 Å². The molecule has 1 rings (SSSR count). The van der Waals surface area contributed by atoms with Crippen molar-refractivity contribution in [3.05, 3.63) is 6.92 Å². The Balaban J connectivity index is 1.88. The zero-order chi connectivity index (χ0) is 4.41. The van der Waals surface area contributed by atoms with E-state index in [1.807, 2.05) is 0 Å². The number of rotatable bonds is 2. The summed E-state index contributed by atoms with van der Waals surface area (Å²) in [5, 5.41) is 0. The van der Waals surface area contributed by atoms with Crippen molar-refractivity contribution >= 4 is 0 Å². The molecule has 1 saturated heterocycles. The lowest BCUT2D eigenvalue weighted by atomic mass is 10.3. The number of hydrogen-bond acceptors (Lipinski definition) is 1. The number of epoxide rings is 1. The summed E-state index contributed by atoms with van der Waals surface area (Å²) in [5.74, 6) is 0. The highest BCUT2D eigenvalue weighted by molar-refractivity contribution is 4.68. The lowest BCUT2D eigenvalue weighted by molar-refractivity contribution is 0.398. The molecule has 0 aromatic rings. The fourth-order valence-electron chi connectivity index (χ4n) is 0.462. The monoisotopic (exact) mass is 85.1 g/mol. The van der Waals surface area contributed by atoms with Gasteiger partial charge in [-0.1, -0.05) is 0 Å². The van der Waals surface area contributed by atoms with Crippen LogP contribution >= 0.6 is 0 Å². The van der Waals surface area contributed by atoms with Crippen LogP contribution in [0.1, 0.15) is 12.8 Å². The fraction of sp³-hybridized carbons (Fsp3) is 0.800. The largest absolute Gasteiger partial charge is 0.373 e. The van der Waals surface area contributed by atoms with Gasteiger partial charge in [-0.25, -0.2) is 0 Å². The highest BCUT2D eigenvalue weighted by Gasteiger charge is 2.21. The number of ether oxygens (including phenoxy) is 1. The number of hydrogen-bond donors (Lipinski definition) is 0. The van der Waals surface area contributed by atoms with Gasteiger partial charge in [0.05, 0.1) is 26.1 Å². The van der Waals surface area contributed by atoms with Gasteiger partial charge < -0.3 is 4.74 Å². The van der Waals surface area contributed by atoms with Crippen LogP contribution in [0.4, 0.5) is 0 Å². The molecule has 0 aromatic carbocycles. The average Bonchev–Trinajstić information content (AvgIpc) is 2.21. The van der Waals surface area contributed by atoms with Crippen molar-refractivity contribution in [1.29, 1.82) is 0 Å². The molecule has 1 aliphatic rings. The van der Waals surface area contributed by atoms with E-state index < -0.39 is 0 Å². The lowest BCUT2D eigenvalue weighted by Crippen LogP contribution is -1.79. The third-order valence-corrected chi connectivity index (χ3v) is 0.928. The van der Waals surface area contributed by atoms with Gasteiger partial charge in [-0.3, -0.25) is 0 Å². The summed E-state index contributed by atoms with van der Waals surface area (Å²) in [6, 6.07) is 0. The predicted octanol–water partition coefficient (Wildman–Crippen LogP) is 0.999. The maximum absolute atomic E-state index is 4.91. The van der Waals surface area contributed by atoms with Crippen LogP contribution in [-0.4, -0.2) is 12.7 Å². The Kier molecular flexibility index (Phi) is 1.01. The van der Waals surface area contributed by atoms with Crippen LogP contribution in [0.5, 0.6) is 0 Å². The molecule has 0 radical (unpaired) electrons. The first-order chi connectivity index (χ1) is 2.93. The van der Waals surface area contributed by atoms with Crippen molar-refractivity contribution in [3.63, 3.8) is 0 Å². The fourth-order valence-corrected chi connectivity index (χ4v) is 0.462. The van der Waals surface area contributed by atoms with Crippen molar-refractivity contribution in [2.45, 2.75) is 18.9 Å². The molecule has 0 aliphatic carbocycles. The van der Waals surface area contributed by atoms with Gasteiger partial charge in [0.25, 0.3) is 0 Å². The summed E-state index contributed by atoms with van der Waals surface area (Å²) in [7, 11) is 0. The van der Waals surface area contributed by atoms with Crippen LogP contribution < -0.4 is 0 Å². The highest BCUT2D eigenvalue weighted by Crippen LogP contribution is 2.13. The van der Waals surface area contributed by atoms with Gasteiger partial charge in [-0.2, -0.15) is 0 Å². The molecule has 0 spiro atoms. The molecule has 1 heterocycles. The zero-order valence-corrected chi connectivity index (χ0v) is 3.81. The van der Waals surface area contributed by atoms with Gasteiger partial charge in [0.2, 0.25) is 0 Å². The molecule has 1 aliphatic heterocycles. The summed E-state index contributed by atoms with van der Waals surface area (Å²) >= 11 is 0. The topological polar surface area (TPSA) is 12.5 Å². The summed E-state index contributed by atoms with van der Waals surface area (Å²) in [6.45, 7) is 4.67. The first kappa shape index (κ1) is 4.00. The average molecular weight is 85.1 g/mol. The van der Waals surface area contributed by atoms with Gasteiger partial charge >= 0.3 is 0 Å². The Morgan fingerprint density at radius 2 is 2.50 bits per heavy atom. The van der Waals surface area contributed by atoms with E-state index in [1.54, 1.807) is 0 Å². The van der Waals surface area contributed by atoms with Crippen molar-refractivity contribution in [2.24, 2.45) is 0 Å². The molecule has 1 heteroatoms. The molecule has 34 valence electrons. The molecular weight excluding hydrogens is 76.1 g/mol. The van der Waals surface area contributed by atoms with Crippen LogP contribution in [0.25, 0.3) is 0 Å². The van der Waals surface area contributed by atoms with Crippen LogP contribution in [0, 0.1) is 6.92 Å². The molecule has 0 aromatic heterocycles. The van der Waals surface area contributed by atoms with E-state index in [9.17, 15) is 0 Å². The molecule has 0 bridgehead atoms. The summed E-state index contributed by atoms with van der Waals surface area (Å²) in [4.78, 5) is 0. The molecule has 1 fully saturated rings. The van der Waals surface area contributed by atoms with Crippen molar-refractivity contribution in [1.82, 2.24) is 0 Å². The molecule has 0 N–H and O–H groups in total. The van der Waals surface area contributed by atoms with Crippen LogP contribution in [0.15, 0.2) is 0 Å². The Morgan fingerprint density at radius 3 is 2.67 bits per heavy atom. The quantitative estimate of drug-likeness (QED) is 0.360. The summed E-state index contributed by atoms with van der Waals surface area (Å²) in [6.07, 6.45) is 2.76. The third-order valence-electron chi connectivity index (χ3n) is 0.928. The Morgan fingerprint density at radius 1 is 1.83 bits per heavy atom. The minimum Gasteiger partial charge on any atom is -0.373 e. The first-order valence-corrected chi connectivity index (χ1v) is 2.34. The van der Waals surface area contributed by atoms with E-state index in [4.69, 9.17) is 4.74 Å². The maximum atomic E-state index is 4.91. The molecule has 1 atom stereocenters. The van der Waals surface area contributed by atoms with E-state index in [2.05, 4.69) is 6.92 Å². The molecular formula is C5H9O+. The Hall–Kier alpha value is -0.170. The van der Waals surface area contributed by atoms with Crippen LogP contribution in [0.2, 0.25) is 0 Å². The second-order valence-electron chi connectivity index (χ2n) is 1.60. The van der Waals surface area contributed by atoms with Gasteiger partial charge in [0, 0.05) is 6.42 Å². The van der Waals surface area contributed by atoms with Gasteiger partial charge in [0.15, 0.2) is 0 Å². The van der Waals surface area contributed by atoms with E-state index in [0.717, 1.165) is 19.4 Å². The van der Waals surface area contributed by atoms with Crippen LogP contribution in [-0.2, 0) is 4.74 Å². The second kappa shape index (κ2) is 1.52. The molecule has 1 unspecified atom stereocenters. The normalized spacial score (nSPS) is 30.3. The van der Waals surface area contributed by atoms with Gasteiger partial charge in [0.1, 0.15) is 0 Å². The third kappa shape index (κ3) is 0.902. The minimum atomic E-state index is 0.586. The minimum absolute atomic E-state index is 0.586. The smallest absolute Gasteiger partial charge is 0.0876 e. The van der Waals surface area contributed by atoms with Gasteiger partial charge in [-0.05, 0) is 0 Å². The van der Waals surface area contributed by atoms with E-state index in [1.165, 1.54) is 0 Å². The van der Waals surface area contributed by atoms with E-state index >= 15 is 0 Å². The van der Waals surface area contributed by atoms with Crippen molar-refractivity contribution in [3.8, 4) is 0 Å². The lowest BCUT2D eigenvalue weighted by Gasteiger charge is -1.74. The highest BCUT2D eigenvalue weighted by atomic mass is 16.6. The van der Waals surface area contributed by atoms with E-state index in [0.29, 0.717) is 6.10 Å². The first-order valence-electron chi connectivity index (χ1n) is 2.34. The van der Waals surface area contributed by atoms with Crippen LogP contribution in [0.3, 0.4) is 0 Å². The second-order valence-corrected chi connectivity index (χ2v) is 1.60. The Labute approximate surface area is 38.3 Å². The maximum Gasteiger partial charge on any atom is 0.0876 e. The molecule has 1 nitrogen and oxygen atoms in total. The summed E-state index contributed by atoms with van der Waals surface area (Å²) < 4.78 is 4.91. The Bertz CT molecular complexity index is 39.2. The van der Waals surface area contributed by atoms with E-state index in [-0.39, 0.29) is 0 Å². The zero-order valence-electron chi connectivity index (χ0n) is 3.81. The standard InChI is InChI=1S/C5H9O/c1-2-3-5-4-6-5/h5H,1-4H2/q+1. The SMILES string of the molecule is [CH2+]CCC1CO1. The summed E-state index contributed by atoms with van der Waals surface area (Å²) in [5.41, 5.74) is 0. The van der Waals surface area contributed by atoms with Crippen molar-refractivity contribution < 1.29 is 4.74 Å². The molecule has 0 saturated carbocycles. The molecule has 0 amide bonds.